The molecule has 3 aromatic rings. The van der Waals surface area contributed by atoms with Gasteiger partial charge in [-0.05, 0) is 29.2 Å². The molecule has 3 heterocycles. The summed E-state index contributed by atoms with van der Waals surface area (Å²) in [6.45, 7) is 2.58. The molecule has 1 aliphatic heterocycles. The van der Waals surface area contributed by atoms with E-state index in [4.69, 9.17) is 4.74 Å². The molecule has 1 atom stereocenters. The number of carbonyl (C=O) groups excluding carboxylic acids is 2. The van der Waals surface area contributed by atoms with Crippen molar-refractivity contribution >= 4 is 23.2 Å². The number of benzene rings is 1. The van der Waals surface area contributed by atoms with E-state index in [1.165, 1.54) is 28.1 Å². The van der Waals surface area contributed by atoms with Gasteiger partial charge >= 0.3 is 12.3 Å². The maximum atomic E-state index is 14.0. The van der Waals surface area contributed by atoms with E-state index in [2.05, 4.69) is 10.1 Å². The van der Waals surface area contributed by atoms with E-state index in [-0.39, 0.29) is 62.3 Å². The minimum absolute atomic E-state index is 0.0325. The summed E-state index contributed by atoms with van der Waals surface area (Å²) in [5, 5.41) is 4.27. The fourth-order valence-corrected chi connectivity index (χ4v) is 4.65. The molecule has 5 rings (SSSR count). The smallest absolute Gasteiger partial charge is 0.420 e. The van der Waals surface area contributed by atoms with Crippen LogP contribution in [0.5, 0.6) is 0 Å². The molecule has 2 aliphatic rings. The van der Waals surface area contributed by atoms with Gasteiger partial charge in [0.2, 0.25) is 0 Å². The van der Waals surface area contributed by atoms with Crippen molar-refractivity contribution in [2.75, 3.05) is 26.2 Å². The molecule has 12 heteroatoms. The van der Waals surface area contributed by atoms with Crippen LogP contribution in [0.3, 0.4) is 0 Å². The number of alkyl halides is 3. The Morgan fingerprint density at radius 3 is 2.41 bits per heavy atom. The van der Waals surface area contributed by atoms with Gasteiger partial charge in [0.05, 0.1) is 11.9 Å². The van der Waals surface area contributed by atoms with E-state index < -0.39 is 29.4 Å². The van der Waals surface area contributed by atoms with Crippen LogP contribution in [0.2, 0.25) is 0 Å². The minimum atomic E-state index is -4.75. The molecule has 1 saturated heterocycles. The van der Waals surface area contributed by atoms with Crippen molar-refractivity contribution in [3.8, 4) is 0 Å². The van der Waals surface area contributed by atoms with E-state index in [1.54, 1.807) is 6.92 Å². The molecular formula is C27H25F4N5O3. The highest BCUT2D eigenvalue weighted by Gasteiger charge is 2.37. The van der Waals surface area contributed by atoms with Crippen LogP contribution in [-0.2, 0) is 17.5 Å². The molecule has 8 nitrogen and oxygen atoms in total. The number of rotatable bonds is 4. The van der Waals surface area contributed by atoms with Crippen molar-refractivity contribution in [2.45, 2.75) is 26.1 Å². The lowest BCUT2D eigenvalue weighted by Gasteiger charge is -2.33. The lowest BCUT2D eigenvalue weighted by atomic mass is 9.90. The second-order valence-corrected chi connectivity index (χ2v) is 9.50. The second-order valence-electron chi connectivity index (χ2n) is 9.50. The number of aromatic nitrogens is 3. The first-order valence-electron chi connectivity index (χ1n) is 12.4. The maximum Gasteiger partial charge on any atom is 0.420 e. The largest absolute Gasteiger partial charge is 0.445 e. The number of amides is 2. The Hall–Kier alpha value is -4.22. The molecule has 1 aromatic carbocycles. The molecule has 2 amide bonds. The van der Waals surface area contributed by atoms with E-state index >= 15 is 0 Å². The van der Waals surface area contributed by atoms with Gasteiger partial charge in [-0.15, -0.1) is 0 Å². The van der Waals surface area contributed by atoms with E-state index in [0.29, 0.717) is 5.57 Å². The number of fused-ring (bicyclic) bond motifs is 1. The standard InChI is InChI=1S/C27H25F4N5O3/c1-17-13-19(28)7-8-20(17)22-14-21(27(29,30)31)24-32-23(15-36(24)33-22)25(37)34-9-11-35(12-10-34)26(38)39-16-18-5-3-2-4-6-18/h2-8,14-15,17H,9-13,16H2,1H3. The van der Waals surface area contributed by atoms with Crippen LogP contribution in [0.4, 0.5) is 22.4 Å². The van der Waals surface area contributed by atoms with Gasteiger partial charge in [0, 0.05) is 32.6 Å². The van der Waals surface area contributed by atoms with E-state index in [0.717, 1.165) is 16.1 Å². The number of halogens is 4. The number of hydrogen-bond acceptors (Lipinski definition) is 5. The zero-order chi connectivity index (χ0) is 27.7. The Kier molecular flexibility index (Phi) is 7.11. The Labute approximate surface area is 221 Å². The first-order valence-corrected chi connectivity index (χ1v) is 12.4. The van der Waals surface area contributed by atoms with Crippen LogP contribution >= 0.6 is 0 Å². The molecule has 1 unspecified atom stereocenters. The Morgan fingerprint density at radius 2 is 1.74 bits per heavy atom. The van der Waals surface area contributed by atoms with Gasteiger partial charge in [-0.3, -0.25) is 4.79 Å². The first-order chi connectivity index (χ1) is 18.6. The van der Waals surface area contributed by atoms with Crippen LogP contribution in [-0.4, -0.2) is 62.6 Å². The third-order valence-corrected chi connectivity index (χ3v) is 6.75. The van der Waals surface area contributed by atoms with Gasteiger partial charge in [0.15, 0.2) is 5.65 Å². The number of piperazine rings is 1. The monoisotopic (exact) mass is 543 g/mol. The second kappa shape index (κ2) is 10.5. The van der Waals surface area contributed by atoms with Crippen molar-refractivity contribution in [3.05, 3.63) is 83.1 Å². The lowest BCUT2D eigenvalue weighted by Crippen LogP contribution is -2.50. The zero-order valence-electron chi connectivity index (χ0n) is 21.0. The van der Waals surface area contributed by atoms with Crippen molar-refractivity contribution in [1.82, 2.24) is 24.4 Å². The van der Waals surface area contributed by atoms with Crippen LogP contribution in [0.25, 0.3) is 11.2 Å². The molecule has 0 spiro atoms. The fourth-order valence-electron chi connectivity index (χ4n) is 4.65. The van der Waals surface area contributed by atoms with Crippen molar-refractivity contribution in [3.63, 3.8) is 0 Å². The van der Waals surface area contributed by atoms with Gasteiger partial charge in [0.1, 0.15) is 23.7 Å². The Bertz CT molecular complexity index is 1460. The van der Waals surface area contributed by atoms with Gasteiger partial charge in [-0.2, -0.15) is 18.3 Å². The quantitative estimate of drug-likeness (QED) is 0.427. The average molecular weight is 544 g/mol. The highest BCUT2D eigenvalue weighted by Crippen LogP contribution is 2.37. The number of carbonyl (C=O) groups is 2. The highest BCUT2D eigenvalue weighted by atomic mass is 19.4. The van der Waals surface area contributed by atoms with E-state index in [1.807, 2.05) is 30.3 Å². The van der Waals surface area contributed by atoms with Crippen LogP contribution < -0.4 is 0 Å². The first kappa shape index (κ1) is 26.4. The normalized spacial score (nSPS) is 18.1. The SMILES string of the molecule is CC1CC(F)=CC=C1c1cc(C(F)(F)F)c2nc(C(=O)N3CCN(C(=O)OCc4ccccc4)CC3)cn2n1. The van der Waals surface area contributed by atoms with Crippen molar-refractivity contribution in [2.24, 2.45) is 5.92 Å². The summed E-state index contributed by atoms with van der Waals surface area (Å²) in [6.07, 6.45) is -1.39. The third kappa shape index (κ3) is 5.64. The molecule has 0 saturated carbocycles. The predicted molar refractivity (Wildman–Crippen MR) is 133 cm³/mol. The van der Waals surface area contributed by atoms with E-state index in [9.17, 15) is 27.2 Å². The van der Waals surface area contributed by atoms with Gasteiger partial charge in [0.25, 0.3) is 5.91 Å². The number of ether oxygens (including phenoxy) is 1. The van der Waals surface area contributed by atoms with Gasteiger partial charge in [-0.25, -0.2) is 18.7 Å². The van der Waals surface area contributed by atoms with Crippen LogP contribution in [0, 0.1) is 5.92 Å². The summed E-state index contributed by atoms with van der Waals surface area (Å²) in [5.41, 5.74) is -0.392. The zero-order valence-corrected chi connectivity index (χ0v) is 21.0. The summed E-state index contributed by atoms with van der Waals surface area (Å²) < 4.78 is 61.8. The van der Waals surface area contributed by atoms with Crippen molar-refractivity contribution in [1.29, 1.82) is 0 Å². The molecule has 39 heavy (non-hydrogen) atoms. The Morgan fingerprint density at radius 1 is 1.05 bits per heavy atom. The number of allylic oxidation sites excluding steroid dienone is 4. The predicted octanol–water partition coefficient (Wildman–Crippen LogP) is 5.12. The average Bonchev–Trinajstić information content (AvgIpc) is 3.35. The molecular weight excluding hydrogens is 518 g/mol. The van der Waals surface area contributed by atoms with Crippen LogP contribution in [0.15, 0.2) is 60.6 Å². The fraction of sp³-hybridized carbons (Fsp3) is 0.333. The molecule has 1 fully saturated rings. The van der Waals surface area contributed by atoms with Gasteiger partial charge < -0.3 is 14.5 Å². The highest BCUT2D eigenvalue weighted by molar-refractivity contribution is 5.93. The summed E-state index contributed by atoms with van der Waals surface area (Å²) in [7, 11) is 0. The number of hydrogen-bond donors (Lipinski definition) is 0. The molecule has 204 valence electrons. The maximum absolute atomic E-state index is 14.0. The minimum Gasteiger partial charge on any atom is -0.445 e. The molecule has 2 aromatic heterocycles. The van der Waals surface area contributed by atoms with Crippen molar-refractivity contribution < 1.29 is 31.9 Å². The summed E-state index contributed by atoms with van der Waals surface area (Å²) in [5.74, 6) is -1.30. The van der Waals surface area contributed by atoms with Gasteiger partial charge in [-0.1, -0.05) is 43.3 Å². The van der Waals surface area contributed by atoms with Crippen LogP contribution in [0.1, 0.15) is 40.7 Å². The summed E-state index contributed by atoms with van der Waals surface area (Å²) >= 11 is 0. The topological polar surface area (TPSA) is 80.0 Å². The Balaban J connectivity index is 1.32. The third-order valence-electron chi connectivity index (χ3n) is 6.75. The lowest BCUT2D eigenvalue weighted by molar-refractivity contribution is -0.136. The number of imidazole rings is 1. The molecule has 0 bridgehead atoms. The summed E-state index contributed by atoms with van der Waals surface area (Å²) in [4.78, 5) is 32.4. The number of nitrogens with zero attached hydrogens (tertiary/aromatic N) is 5. The molecule has 0 radical (unpaired) electrons. The molecule has 1 aliphatic carbocycles. The molecule has 0 N–H and O–H groups in total. The summed E-state index contributed by atoms with van der Waals surface area (Å²) in [6, 6.07) is 10.1.